The van der Waals surface area contributed by atoms with E-state index in [0.29, 0.717) is 17.2 Å². The van der Waals surface area contributed by atoms with E-state index in [9.17, 15) is 14.7 Å². The number of anilines is 2. The lowest BCUT2D eigenvalue weighted by Crippen LogP contribution is -2.44. The molecule has 0 aliphatic carbocycles. The van der Waals surface area contributed by atoms with Gasteiger partial charge in [0.05, 0.1) is 0 Å². The molecule has 1 unspecified atom stereocenters. The standard InChI is InChI=1S/C18H22N4O3/c1-10(2)15(17(24)25)22-16(23)13-6-5-7-14(9-13)21-18-19-11(3)8-12(4)20-18/h5-10,15H,1-4H3,(H,22,23)(H,24,25)(H,19,20,21). The van der Waals surface area contributed by atoms with E-state index in [1.54, 1.807) is 38.1 Å². The lowest BCUT2D eigenvalue weighted by atomic mass is 10.0. The van der Waals surface area contributed by atoms with E-state index in [-0.39, 0.29) is 5.92 Å². The Balaban J connectivity index is 2.17. The molecule has 2 aromatic rings. The number of aliphatic carboxylic acids is 1. The average Bonchev–Trinajstić information content (AvgIpc) is 2.51. The number of carboxylic acid groups (broad SMARTS) is 1. The summed E-state index contributed by atoms with van der Waals surface area (Å²) in [5.41, 5.74) is 2.69. The van der Waals surface area contributed by atoms with E-state index >= 15 is 0 Å². The van der Waals surface area contributed by atoms with Gasteiger partial charge in [0.15, 0.2) is 0 Å². The summed E-state index contributed by atoms with van der Waals surface area (Å²) in [6.45, 7) is 7.24. The normalized spacial score (nSPS) is 11.9. The minimum Gasteiger partial charge on any atom is -0.480 e. The van der Waals surface area contributed by atoms with Crippen LogP contribution in [0.15, 0.2) is 30.3 Å². The van der Waals surface area contributed by atoms with Gasteiger partial charge in [-0.15, -0.1) is 0 Å². The van der Waals surface area contributed by atoms with Crippen LogP contribution in [0.2, 0.25) is 0 Å². The third-order valence-electron chi connectivity index (χ3n) is 3.58. The minimum atomic E-state index is -1.05. The number of nitrogens with one attached hydrogen (secondary N) is 2. The van der Waals surface area contributed by atoms with E-state index < -0.39 is 17.9 Å². The smallest absolute Gasteiger partial charge is 0.326 e. The minimum absolute atomic E-state index is 0.216. The quantitative estimate of drug-likeness (QED) is 0.745. The zero-order valence-corrected chi connectivity index (χ0v) is 14.7. The Kier molecular flexibility index (Phi) is 5.69. The monoisotopic (exact) mass is 342 g/mol. The number of carbonyl (C=O) groups excluding carboxylic acids is 1. The highest BCUT2D eigenvalue weighted by molar-refractivity contribution is 5.97. The van der Waals surface area contributed by atoms with Gasteiger partial charge in [-0.3, -0.25) is 4.79 Å². The molecule has 0 radical (unpaired) electrons. The number of amides is 1. The Morgan fingerprint density at radius 2 is 1.72 bits per heavy atom. The van der Waals surface area contributed by atoms with E-state index in [4.69, 9.17) is 0 Å². The van der Waals surface area contributed by atoms with Gasteiger partial charge in [0.2, 0.25) is 5.95 Å². The van der Waals surface area contributed by atoms with Crippen LogP contribution in [0, 0.1) is 19.8 Å². The topological polar surface area (TPSA) is 104 Å². The molecular formula is C18H22N4O3. The first-order valence-electron chi connectivity index (χ1n) is 7.99. The summed E-state index contributed by atoms with van der Waals surface area (Å²) >= 11 is 0. The fourth-order valence-electron chi connectivity index (χ4n) is 2.39. The number of carbonyl (C=O) groups is 2. The van der Waals surface area contributed by atoms with E-state index in [1.165, 1.54) is 0 Å². The van der Waals surface area contributed by atoms with Crippen LogP contribution in [0.5, 0.6) is 0 Å². The van der Waals surface area contributed by atoms with Gasteiger partial charge in [0.25, 0.3) is 5.91 Å². The van der Waals surface area contributed by atoms with Gasteiger partial charge >= 0.3 is 5.97 Å². The second-order valence-electron chi connectivity index (χ2n) is 6.21. The van der Waals surface area contributed by atoms with Crippen molar-refractivity contribution in [2.45, 2.75) is 33.7 Å². The van der Waals surface area contributed by atoms with Gasteiger partial charge in [0.1, 0.15) is 6.04 Å². The maximum Gasteiger partial charge on any atom is 0.326 e. The fraction of sp³-hybridized carbons (Fsp3) is 0.333. The Morgan fingerprint density at radius 1 is 1.08 bits per heavy atom. The molecule has 7 nitrogen and oxygen atoms in total. The summed E-state index contributed by atoms with van der Waals surface area (Å²) in [6, 6.07) is 7.69. The van der Waals surface area contributed by atoms with E-state index in [2.05, 4.69) is 20.6 Å². The van der Waals surface area contributed by atoms with Gasteiger partial charge < -0.3 is 15.7 Å². The largest absolute Gasteiger partial charge is 0.480 e. The van der Waals surface area contributed by atoms with Crippen LogP contribution in [0.3, 0.4) is 0 Å². The second kappa shape index (κ2) is 7.74. The summed E-state index contributed by atoms with van der Waals surface area (Å²) < 4.78 is 0. The van der Waals surface area contributed by atoms with Crippen LogP contribution in [0.4, 0.5) is 11.6 Å². The third-order valence-corrected chi connectivity index (χ3v) is 3.58. The zero-order chi connectivity index (χ0) is 18.6. The van der Waals surface area contributed by atoms with Crippen molar-refractivity contribution in [2.75, 3.05) is 5.32 Å². The maximum atomic E-state index is 12.3. The molecule has 2 rings (SSSR count). The lowest BCUT2D eigenvalue weighted by molar-refractivity contribution is -0.140. The highest BCUT2D eigenvalue weighted by Crippen LogP contribution is 2.16. The van der Waals surface area contributed by atoms with Gasteiger partial charge in [-0.05, 0) is 44.0 Å². The Hall–Kier alpha value is -2.96. The summed E-state index contributed by atoms with van der Waals surface area (Å²) in [5.74, 6) is -1.26. The Morgan fingerprint density at radius 3 is 2.28 bits per heavy atom. The average molecular weight is 342 g/mol. The molecule has 7 heteroatoms. The highest BCUT2D eigenvalue weighted by atomic mass is 16.4. The van der Waals surface area contributed by atoms with Crippen LogP contribution in [0.25, 0.3) is 0 Å². The van der Waals surface area contributed by atoms with Gasteiger partial charge in [0, 0.05) is 22.6 Å². The van der Waals surface area contributed by atoms with E-state index in [1.807, 2.05) is 19.9 Å². The fourth-order valence-corrected chi connectivity index (χ4v) is 2.39. The summed E-state index contributed by atoms with van der Waals surface area (Å²) in [6.07, 6.45) is 0. The molecule has 0 bridgehead atoms. The molecule has 1 amide bonds. The van der Waals surface area contributed by atoms with Crippen molar-refractivity contribution in [3.63, 3.8) is 0 Å². The first-order valence-corrected chi connectivity index (χ1v) is 7.99. The number of aromatic nitrogens is 2. The molecule has 0 fully saturated rings. The highest BCUT2D eigenvalue weighted by Gasteiger charge is 2.24. The number of hydrogen-bond acceptors (Lipinski definition) is 5. The van der Waals surface area contributed by atoms with Crippen molar-refractivity contribution >= 4 is 23.5 Å². The zero-order valence-electron chi connectivity index (χ0n) is 14.7. The van der Waals surface area contributed by atoms with Crippen LogP contribution >= 0.6 is 0 Å². The summed E-state index contributed by atoms with van der Waals surface area (Å²) in [7, 11) is 0. The first-order chi connectivity index (χ1) is 11.8. The first kappa shape index (κ1) is 18.4. The predicted molar refractivity (Wildman–Crippen MR) is 95.0 cm³/mol. The van der Waals surface area contributed by atoms with Crippen molar-refractivity contribution in [1.82, 2.24) is 15.3 Å². The molecule has 1 aromatic carbocycles. The number of carboxylic acids is 1. The van der Waals surface area contributed by atoms with Crippen LogP contribution < -0.4 is 10.6 Å². The molecule has 25 heavy (non-hydrogen) atoms. The van der Waals surface area contributed by atoms with Crippen LogP contribution in [-0.2, 0) is 4.79 Å². The van der Waals surface area contributed by atoms with Crippen LogP contribution in [0.1, 0.15) is 35.6 Å². The third kappa shape index (κ3) is 5.00. The molecule has 0 aliphatic rings. The summed E-state index contributed by atoms with van der Waals surface area (Å²) in [5, 5.41) is 14.8. The lowest BCUT2D eigenvalue weighted by Gasteiger charge is -2.18. The van der Waals surface area contributed by atoms with Crippen molar-refractivity contribution in [3.05, 3.63) is 47.3 Å². The molecule has 3 N–H and O–H groups in total. The maximum absolute atomic E-state index is 12.3. The molecule has 1 aromatic heterocycles. The molecule has 132 valence electrons. The number of hydrogen-bond donors (Lipinski definition) is 3. The number of nitrogens with zero attached hydrogens (tertiary/aromatic N) is 2. The molecule has 0 aliphatic heterocycles. The molecule has 1 atom stereocenters. The van der Waals surface area contributed by atoms with Crippen molar-refractivity contribution in [3.8, 4) is 0 Å². The van der Waals surface area contributed by atoms with Gasteiger partial charge in [-0.2, -0.15) is 0 Å². The van der Waals surface area contributed by atoms with Crippen molar-refractivity contribution < 1.29 is 14.7 Å². The van der Waals surface area contributed by atoms with Crippen molar-refractivity contribution in [2.24, 2.45) is 5.92 Å². The Bertz CT molecular complexity index is 769. The van der Waals surface area contributed by atoms with Crippen molar-refractivity contribution in [1.29, 1.82) is 0 Å². The number of benzene rings is 1. The molecule has 0 spiro atoms. The molecule has 0 saturated carbocycles. The molecular weight excluding hydrogens is 320 g/mol. The van der Waals surface area contributed by atoms with Gasteiger partial charge in [-0.1, -0.05) is 19.9 Å². The van der Waals surface area contributed by atoms with Gasteiger partial charge in [-0.25, -0.2) is 14.8 Å². The molecule has 0 saturated heterocycles. The predicted octanol–water partition coefficient (Wildman–Crippen LogP) is 2.68. The Labute approximate surface area is 146 Å². The van der Waals surface area contributed by atoms with E-state index in [0.717, 1.165) is 11.4 Å². The SMILES string of the molecule is Cc1cc(C)nc(Nc2cccc(C(=O)NC(C(=O)O)C(C)C)c2)n1. The second-order valence-corrected chi connectivity index (χ2v) is 6.21. The van der Waals surface area contributed by atoms with Crippen LogP contribution in [-0.4, -0.2) is 33.0 Å². The molecule has 1 heterocycles. The number of rotatable bonds is 6. The summed E-state index contributed by atoms with van der Waals surface area (Å²) in [4.78, 5) is 32.2. The number of aryl methyl sites for hydroxylation is 2.